The van der Waals surface area contributed by atoms with E-state index in [0.717, 1.165) is 21.6 Å². The van der Waals surface area contributed by atoms with E-state index in [1.54, 1.807) is 12.1 Å². The predicted molar refractivity (Wildman–Crippen MR) is 182 cm³/mol. The van der Waals surface area contributed by atoms with Crippen LogP contribution in [0.15, 0.2) is 35.3 Å². The molecular weight excluding hydrogens is 720 g/mol. The molecule has 5 unspecified atom stereocenters. The van der Waals surface area contributed by atoms with E-state index in [2.05, 4.69) is 35.9 Å². The second-order valence-electron chi connectivity index (χ2n) is 12.4. The third-order valence-corrected chi connectivity index (χ3v) is 10.3. The molecule has 3 aliphatic rings. The number of nitrogen functional groups attached to an aromatic ring is 1. The number of fused-ring (bicyclic) bond motifs is 1. The Bertz CT molecular complexity index is 2100. The van der Waals surface area contributed by atoms with E-state index in [-0.39, 0.29) is 60.7 Å². The third-order valence-electron chi connectivity index (χ3n) is 8.93. The number of carboxylic acid groups (broad SMARTS) is 3. The maximum atomic E-state index is 13.4. The van der Waals surface area contributed by atoms with Crippen LogP contribution in [0.25, 0.3) is 11.2 Å². The van der Waals surface area contributed by atoms with Gasteiger partial charge in [0.05, 0.1) is 30.9 Å². The van der Waals surface area contributed by atoms with Gasteiger partial charge in [0.1, 0.15) is 23.9 Å². The zero-order chi connectivity index (χ0) is 38.2. The molecule has 6 rings (SSSR count). The van der Waals surface area contributed by atoms with Crippen LogP contribution in [0, 0.1) is 0 Å². The molecule has 3 saturated heterocycles. The number of benzene rings is 1. The number of anilines is 2. The third kappa shape index (κ3) is 7.17. The van der Waals surface area contributed by atoms with Crippen molar-refractivity contribution < 1.29 is 48.9 Å². The number of aromatic nitrogens is 4. The molecule has 3 aliphatic heterocycles. The number of aromatic amines is 1. The molecule has 5 heterocycles. The number of amides is 3. The molecule has 3 amide bonds. The van der Waals surface area contributed by atoms with Crippen LogP contribution >= 0.6 is 11.8 Å². The van der Waals surface area contributed by atoms with Crippen molar-refractivity contribution in [3.8, 4) is 0 Å². The molecule has 1 spiro atoms. The predicted octanol–water partition coefficient (Wildman–Crippen LogP) is -1.48. The van der Waals surface area contributed by atoms with Crippen molar-refractivity contribution in [2.45, 2.75) is 67.9 Å². The van der Waals surface area contributed by atoms with Crippen LogP contribution in [0.5, 0.6) is 0 Å². The summed E-state index contributed by atoms with van der Waals surface area (Å²) < 4.78 is 0. The molecule has 2 aromatic heterocycles. The number of ketones is 1. The van der Waals surface area contributed by atoms with Crippen molar-refractivity contribution in [3.63, 3.8) is 0 Å². The summed E-state index contributed by atoms with van der Waals surface area (Å²) >= 11 is 0.979. The molecule has 53 heavy (non-hydrogen) atoms. The molecule has 0 radical (unpaired) electrons. The van der Waals surface area contributed by atoms with Crippen molar-refractivity contribution in [2.75, 3.05) is 16.8 Å². The van der Waals surface area contributed by atoms with Crippen molar-refractivity contribution in [1.82, 2.24) is 40.4 Å². The molecule has 0 bridgehead atoms. The number of thioether (sulfide) groups is 1. The first kappa shape index (κ1) is 36.6. The number of nitrogens with zero attached hydrogens (tertiary/aromatic N) is 5. The van der Waals surface area contributed by atoms with Crippen LogP contribution in [0.4, 0.5) is 11.6 Å². The Morgan fingerprint density at radius 3 is 2.43 bits per heavy atom. The Kier molecular flexibility index (Phi) is 9.99. The monoisotopic (exact) mass is 752 g/mol. The first-order valence-electron chi connectivity index (χ1n) is 16.1. The highest BCUT2D eigenvalue weighted by molar-refractivity contribution is 8.00. The molecule has 1 aromatic carbocycles. The Labute approximate surface area is 301 Å². The summed E-state index contributed by atoms with van der Waals surface area (Å²) in [5.41, 5.74) is 6.24. The number of H-pyrrole nitrogens is 1. The van der Waals surface area contributed by atoms with Gasteiger partial charge in [0, 0.05) is 29.8 Å². The summed E-state index contributed by atoms with van der Waals surface area (Å²) in [5.74, 6) is -6.74. The van der Waals surface area contributed by atoms with Crippen LogP contribution in [-0.4, -0.2) is 122 Å². The molecular formula is C31H32N10O11S. The standard InChI is InChI=1S/C31H32N10O11S/c32-30-37-23-22(25(46)38-30)35-15(11-34-23)10-33-14-3-1-13(2-4-14)24(45)36-18(28(49)50)8-6-16(42)5-7-17-26(47)40-19(9-21(43)44)27(48)41-20(29(51)52)12-53-31(40,41)39-17/h1-4,11,17-20,33,39H,5-10,12H2,(H,36,45)(H,43,44)(H,49,50)(H,51,52)(H3,32,34,37,38,46). The Hall–Kier alpha value is -6.16. The number of nitrogens with two attached hydrogens (primary N) is 1. The number of aliphatic carboxylic acids is 3. The zero-order valence-corrected chi connectivity index (χ0v) is 28.3. The number of hydrogen-bond donors (Lipinski definition) is 8. The number of Topliss-reactive ketones (excluding diaryl/α,β-unsaturated/α-hetero) is 1. The average Bonchev–Trinajstić information content (AvgIpc) is 3.69. The molecule has 3 aromatic rings. The minimum Gasteiger partial charge on any atom is -0.481 e. The summed E-state index contributed by atoms with van der Waals surface area (Å²) in [5, 5.41) is 35.6. The van der Waals surface area contributed by atoms with Gasteiger partial charge < -0.3 is 31.7 Å². The lowest BCUT2D eigenvalue weighted by atomic mass is 10.0. The number of rotatable bonds is 15. The molecule has 22 heteroatoms. The summed E-state index contributed by atoms with van der Waals surface area (Å²) in [4.78, 5) is 116. The zero-order valence-electron chi connectivity index (χ0n) is 27.5. The Morgan fingerprint density at radius 2 is 1.75 bits per heavy atom. The minimum absolute atomic E-state index is 0.0180. The molecule has 21 nitrogen and oxygen atoms in total. The van der Waals surface area contributed by atoms with E-state index in [4.69, 9.17) is 5.73 Å². The largest absolute Gasteiger partial charge is 0.481 e. The van der Waals surface area contributed by atoms with Crippen molar-refractivity contribution in [2.24, 2.45) is 0 Å². The first-order chi connectivity index (χ1) is 25.2. The smallest absolute Gasteiger partial charge is 0.327 e. The van der Waals surface area contributed by atoms with Crippen molar-refractivity contribution in [1.29, 1.82) is 0 Å². The Balaban J connectivity index is 1.00. The highest BCUT2D eigenvalue weighted by Gasteiger charge is 2.70. The maximum absolute atomic E-state index is 13.4. The van der Waals surface area contributed by atoms with Gasteiger partial charge >= 0.3 is 17.9 Å². The molecule has 3 fully saturated rings. The minimum atomic E-state index is -1.60. The van der Waals surface area contributed by atoms with Crippen molar-refractivity contribution >= 4 is 76.0 Å². The molecule has 0 saturated carbocycles. The fourth-order valence-electron chi connectivity index (χ4n) is 6.41. The SMILES string of the molecule is Nc1nc2ncc(CNc3ccc(C(=O)NC(CCC(=O)CCC4NC56SCC(C(=O)O)N5C(=O)C(CC(=O)O)N6C4=O)C(=O)O)cc3)nc2c(=O)[nH]1. The topological polar surface area (TPSA) is 320 Å². The van der Waals surface area contributed by atoms with E-state index in [9.17, 15) is 53.7 Å². The summed E-state index contributed by atoms with van der Waals surface area (Å²) in [6.07, 6.45) is -0.0929. The number of carbonyl (C=O) groups is 7. The lowest BCUT2D eigenvalue weighted by Gasteiger charge is -2.33. The van der Waals surface area contributed by atoms with E-state index in [1.807, 2.05) is 0 Å². The van der Waals surface area contributed by atoms with E-state index in [0.29, 0.717) is 11.4 Å². The second kappa shape index (κ2) is 14.5. The van der Waals surface area contributed by atoms with E-state index >= 15 is 0 Å². The molecule has 0 aliphatic carbocycles. The van der Waals surface area contributed by atoms with Gasteiger partial charge in [-0.2, -0.15) is 4.98 Å². The van der Waals surface area contributed by atoms with Gasteiger partial charge in [-0.3, -0.25) is 48.9 Å². The molecule has 278 valence electrons. The fraction of sp³-hybridized carbons (Fsp3) is 0.387. The van der Waals surface area contributed by atoms with Gasteiger partial charge in [-0.25, -0.2) is 19.6 Å². The highest BCUT2D eigenvalue weighted by Crippen LogP contribution is 2.50. The Morgan fingerprint density at radius 1 is 1.02 bits per heavy atom. The lowest BCUT2D eigenvalue weighted by molar-refractivity contribution is -0.149. The normalized spacial score (nSPS) is 22.4. The molecule has 5 atom stereocenters. The average molecular weight is 753 g/mol. The van der Waals surface area contributed by atoms with E-state index < -0.39 is 82.7 Å². The quantitative estimate of drug-likeness (QED) is 0.0877. The summed E-state index contributed by atoms with van der Waals surface area (Å²) in [6, 6.07) is 0.886. The van der Waals surface area contributed by atoms with E-state index in [1.165, 1.54) is 18.3 Å². The highest BCUT2D eigenvalue weighted by atomic mass is 32.2. The number of hydrogen-bond acceptors (Lipinski definition) is 15. The number of carboxylic acids is 3. The van der Waals surface area contributed by atoms with Gasteiger partial charge in [0.15, 0.2) is 11.2 Å². The van der Waals surface area contributed by atoms with Crippen LogP contribution in [0.1, 0.15) is 48.2 Å². The van der Waals surface area contributed by atoms with Crippen molar-refractivity contribution in [3.05, 3.63) is 52.1 Å². The number of carbonyl (C=O) groups excluding carboxylic acids is 4. The van der Waals surface area contributed by atoms with Gasteiger partial charge in [0.2, 0.25) is 17.0 Å². The van der Waals surface area contributed by atoms with Gasteiger partial charge in [-0.05, 0) is 37.1 Å². The van der Waals surface area contributed by atoms with Crippen LogP contribution < -0.4 is 27.2 Å². The lowest BCUT2D eigenvalue weighted by Crippen LogP contribution is -2.57. The van der Waals surface area contributed by atoms with Gasteiger partial charge in [-0.1, -0.05) is 11.8 Å². The van der Waals surface area contributed by atoms with Crippen LogP contribution in [0.2, 0.25) is 0 Å². The van der Waals surface area contributed by atoms with Gasteiger partial charge in [-0.15, -0.1) is 0 Å². The maximum Gasteiger partial charge on any atom is 0.327 e. The molecule has 9 N–H and O–H groups in total. The van der Waals surface area contributed by atoms with Gasteiger partial charge in [0.25, 0.3) is 17.4 Å². The summed E-state index contributed by atoms with van der Waals surface area (Å²) in [6.45, 7) is 0.172. The van der Waals surface area contributed by atoms with Crippen LogP contribution in [-0.2, 0) is 35.3 Å². The fourth-order valence-corrected chi connectivity index (χ4v) is 8.03. The first-order valence-corrected chi connectivity index (χ1v) is 17.1. The number of nitrogens with one attached hydrogen (secondary N) is 4. The van der Waals surface area contributed by atoms with Crippen LogP contribution in [0.3, 0.4) is 0 Å². The summed E-state index contributed by atoms with van der Waals surface area (Å²) in [7, 11) is 0. The second-order valence-corrected chi connectivity index (χ2v) is 13.6.